The summed E-state index contributed by atoms with van der Waals surface area (Å²) < 4.78 is 10.8. The maximum Gasteiger partial charge on any atom is 0.412 e. The van der Waals surface area contributed by atoms with Crippen molar-refractivity contribution in [3.8, 4) is 5.75 Å². The zero-order valence-electron chi connectivity index (χ0n) is 14.3. The van der Waals surface area contributed by atoms with Crippen LogP contribution in [0.3, 0.4) is 0 Å². The van der Waals surface area contributed by atoms with Crippen LogP contribution < -0.4 is 10.1 Å². The minimum atomic E-state index is -0.711. The third-order valence-electron chi connectivity index (χ3n) is 3.05. The molecule has 0 fully saturated rings. The zero-order chi connectivity index (χ0) is 18.4. The standard InChI is InChI=1S/C18H20N2O5/c1-18(2,3)25-17(21)19-14-10-7-11-15(20(22)23)16(14)24-12-13-8-5-4-6-9-13/h4-11H,12H2,1-3H3,(H,19,21). The van der Waals surface area contributed by atoms with E-state index in [1.165, 1.54) is 18.2 Å². The first-order valence-corrected chi connectivity index (χ1v) is 7.70. The molecule has 0 aliphatic heterocycles. The predicted octanol–water partition coefficient (Wildman–Crippen LogP) is 4.52. The molecule has 2 rings (SSSR count). The highest BCUT2D eigenvalue weighted by molar-refractivity contribution is 5.88. The fourth-order valence-electron chi connectivity index (χ4n) is 2.06. The van der Waals surface area contributed by atoms with Crippen LogP contribution in [0.5, 0.6) is 5.75 Å². The molecule has 0 aliphatic carbocycles. The number of ether oxygens (including phenoxy) is 2. The van der Waals surface area contributed by atoms with Crippen LogP contribution in [0, 0.1) is 10.1 Å². The Hall–Kier alpha value is -3.09. The number of carbonyl (C=O) groups excluding carboxylic acids is 1. The highest BCUT2D eigenvalue weighted by atomic mass is 16.6. The summed E-state index contributed by atoms with van der Waals surface area (Å²) >= 11 is 0. The molecule has 0 heterocycles. The van der Waals surface area contributed by atoms with Gasteiger partial charge >= 0.3 is 11.8 Å². The molecular weight excluding hydrogens is 324 g/mol. The molecule has 0 aliphatic rings. The van der Waals surface area contributed by atoms with Gasteiger partial charge in [0.25, 0.3) is 0 Å². The van der Waals surface area contributed by atoms with Crippen molar-refractivity contribution in [3.63, 3.8) is 0 Å². The van der Waals surface area contributed by atoms with Crippen LogP contribution in [-0.4, -0.2) is 16.6 Å². The number of amides is 1. The van der Waals surface area contributed by atoms with E-state index in [0.717, 1.165) is 5.56 Å². The third kappa shape index (κ3) is 5.49. The van der Waals surface area contributed by atoms with Crippen LogP contribution in [-0.2, 0) is 11.3 Å². The lowest BCUT2D eigenvalue weighted by molar-refractivity contribution is -0.385. The minimum absolute atomic E-state index is 0.0118. The second-order valence-electron chi connectivity index (χ2n) is 6.31. The minimum Gasteiger partial charge on any atom is -0.480 e. The molecule has 0 saturated carbocycles. The van der Waals surface area contributed by atoms with E-state index in [0.29, 0.717) is 0 Å². The Morgan fingerprint density at radius 1 is 1.12 bits per heavy atom. The molecule has 132 valence electrons. The van der Waals surface area contributed by atoms with E-state index in [4.69, 9.17) is 9.47 Å². The molecule has 1 amide bonds. The number of carbonyl (C=O) groups is 1. The highest BCUT2D eigenvalue weighted by Gasteiger charge is 2.23. The fraction of sp³-hybridized carbons (Fsp3) is 0.278. The smallest absolute Gasteiger partial charge is 0.412 e. The van der Waals surface area contributed by atoms with Gasteiger partial charge in [0.15, 0.2) is 0 Å². The van der Waals surface area contributed by atoms with Crippen LogP contribution in [0.4, 0.5) is 16.2 Å². The molecule has 7 nitrogen and oxygen atoms in total. The van der Waals surface area contributed by atoms with Gasteiger partial charge in [-0.25, -0.2) is 4.79 Å². The largest absolute Gasteiger partial charge is 0.480 e. The van der Waals surface area contributed by atoms with E-state index in [1.807, 2.05) is 30.3 Å². The number of nitrogens with one attached hydrogen (secondary N) is 1. The van der Waals surface area contributed by atoms with Crippen molar-refractivity contribution in [2.45, 2.75) is 33.0 Å². The van der Waals surface area contributed by atoms with Crippen LogP contribution in [0.1, 0.15) is 26.3 Å². The molecule has 0 bridgehead atoms. The molecule has 0 saturated heterocycles. The van der Waals surface area contributed by atoms with Gasteiger partial charge in [0.1, 0.15) is 12.2 Å². The molecule has 1 N–H and O–H groups in total. The normalized spacial score (nSPS) is 10.8. The van der Waals surface area contributed by atoms with Gasteiger partial charge in [0.2, 0.25) is 5.75 Å². The average molecular weight is 344 g/mol. The van der Waals surface area contributed by atoms with E-state index in [-0.39, 0.29) is 23.7 Å². The van der Waals surface area contributed by atoms with E-state index < -0.39 is 16.6 Å². The van der Waals surface area contributed by atoms with E-state index >= 15 is 0 Å². The predicted molar refractivity (Wildman–Crippen MR) is 93.7 cm³/mol. The Morgan fingerprint density at radius 2 is 1.80 bits per heavy atom. The van der Waals surface area contributed by atoms with Crippen molar-refractivity contribution in [3.05, 3.63) is 64.2 Å². The zero-order valence-corrected chi connectivity index (χ0v) is 14.3. The summed E-state index contributed by atoms with van der Waals surface area (Å²) in [6, 6.07) is 13.6. The lowest BCUT2D eigenvalue weighted by atomic mass is 10.2. The lowest BCUT2D eigenvalue weighted by Gasteiger charge is -2.20. The molecule has 2 aromatic rings. The van der Waals surface area contributed by atoms with Crippen molar-refractivity contribution in [1.82, 2.24) is 0 Å². The molecular formula is C18H20N2O5. The number of nitro benzene ring substituents is 1. The van der Waals surface area contributed by atoms with Crippen LogP contribution in [0.25, 0.3) is 0 Å². The second kappa shape index (κ2) is 7.65. The molecule has 0 radical (unpaired) electrons. The summed E-state index contributed by atoms with van der Waals surface area (Å²) in [6.07, 6.45) is -0.711. The Bertz CT molecular complexity index is 754. The fourth-order valence-corrected chi connectivity index (χ4v) is 2.06. The Kier molecular flexibility index (Phi) is 5.59. The SMILES string of the molecule is CC(C)(C)OC(=O)Nc1cccc([N+](=O)[O-])c1OCc1ccccc1. The Morgan fingerprint density at radius 3 is 2.40 bits per heavy atom. The summed E-state index contributed by atoms with van der Waals surface area (Å²) in [5, 5.41) is 13.8. The first-order chi connectivity index (χ1) is 11.8. The molecule has 2 aromatic carbocycles. The summed E-state index contributed by atoms with van der Waals surface area (Å²) in [6.45, 7) is 5.32. The van der Waals surface area contributed by atoms with E-state index in [1.54, 1.807) is 20.8 Å². The molecule has 0 aromatic heterocycles. The molecule has 0 atom stereocenters. The number of para-hydroxylation sites is 1. The van der Waals surface area contributed by atoms with Crippen molar-refractivity contribution in [2.24, 2.45) is 0 Å². The van der Waals surface area contributed by atoms with Crippen LogP contribution >= 0.6 is 0 Å². The van der Waals surface area contributed by atoms with Crippen molar-refractivity contribution in [1.29, 1.82) is 0 Å². The van der Waals surface area contributed by atoms with Crippen molar-refractivity contribution >= 4 is 17.5 Å². The summed E-state index contributed by atoms with van der Waals surface area (Å²) in [7, 11) is 0. The van der Waals surface area contributed by atoms with E-state index in [9.17, 15) is 14.9 Å². The number of hydrogen-bond donors (Lipinski definition) is 1. The number of anilines is 1. The van der Waals surface area contributed by atoms with Gasteiger partial charge in [-0.3, -0.25) is 15.4 Å². The summed E-state index contributed by atoms with van der Waals surface area (Å²) in [5.74, 6) is -0.0118. The summed E-state index contributed by atoms with van der Waals surface area (Å²) in [5.41, 5.74) is 0.114. The number of nitro groups is 1. The van der Waals surface area contributed by atoms with Crippen molar-refractivity contribution in [2.75, 3.05) is 5.32 Å². The van der Waals surface area contributed by atoms with Gasteiger partial charge in [-0.2, -0.15) is 0 Å². The number of benzene rings is 2. The van der Waals surface area contributed by atoms with E-state index in [2.05, 4.69) is 5.32 Å². The first kappa shape index (κ1) is 18.3. The van der Waals surface area contributed by atoms with Crippen molar-refractivity contribution < 1.29 is 19.2 Å². The molecule has 0 unspecified atom stereocenters. The maximum absolute atomic E-state index is 12.0. The van der Waals surface area contributed by atoms with Gasteiger partial charge in [0, 0.05) is 6.07 Å². The quantitative estimate of drug-likeness (QED) is 0.636. The lowest BCUT2D eigenvalue weighted by Crippen LogP contribution is -2.27. The average Bonchev–Trinajstić information content (AvgIpc) is 2.52. The van der Waals surface area contributed by atoms with Gasteiger partial charge < -0.3 is 9.47 Å². The van der Waals surface area contributed by atoms with Gasteiger partial charge in [-0.05, 0) is 32.4 Å². The third-order valence-corrected chi connectivity index (χ3v) is 3.05. The monoisotopic (exact) mass is 344 g/mol. The maximum atomic E-state index is 12.0. The number of hydrogen-bond acceptors (Lipinski definition) is 5. The highest BCUT2D eigenvalue weighted by Crippen LogP contribution is 2.35. The van der Waals surface area contributed by atoms with Crippen LogP contribution in [0.15, 0.2) is 48.5 Å². The first-order valence-electron chi connectivity index (χ1n) is 7.70. The van der Waals surface area contributed by atoms with Gasteiger partial charge in [-0.1, -0.05) is 36.4 Å². The second-order valence-corrected chi connectivity index (χ2v) is 6.31. The molecule has 0 spiro atoms. The topological polar surface area (TPSA) is 90.7 Å². The number of rotatable bonds is 5. The Labute approximate surface area is 145 Å². The van der Waals surface area contributed by atoms with Gasteiger partial charge in [0.05, 0.1) is 10.6 Å². The summed E-state index contributed by atoms with van der Waals surface area (Å²) in [4.78, 5) is 22.7. The molecule has 7 heteroatoms. The molecule has 25 heavy (non-hydrogen) atoms. The van der Waals surface area contributed by atoms with Gasteiger partial charge in [-0.15, -0.1) is 0 Å². The van der Waals surface area contributed by atoms with Crippen LogP contribution in [0.2, 0.25) is 0 Å². The number of nitrogens with zero attached hydrogens (tertiary/aromatic N) is 1. The Balaban J connectivity index is 2.25.